The highest BCUT2D eigenvalue weighted by Crippen LogP contribution is 2.25. The van der Waals surface area contributed by atoms with Crippen molar-refractivity contribution in [3.05, 3.63) is 66.1 Å². The van der Waals surface area contributed by atoms with Crippen LogP contribution in [0.1, 0.15) is 45.4 Å². The summed E-state index contributed by atoms with van der Waals surface area (Å²) in [6.07, 6.45) is 7.48. The summed E-state index contributed by atoms with van der Waals surface area (Å²) in [5.74, 6) is 1.47. The number of anilines is 1. The van der Waals surface area contributed by atoms with Gasteiger partial charge in [-0.2, -0.15) is 9.78 Å². The molecule has 0 bridgehead atoms. The minimum atomic E-state index is -0.265. The third-order valence-electron chi connectivity index (χ3n) is 4.25. The lowest BCUT2D eigenvalue weighted by molar-refractivity contribution is -0.111. The molecule has 2 aromatic heterocycles. The standard InChI is InChI=1S/C23H27N5O2/c1-5-15-30-18-10-7-17(8-11-18)9-12-21(29)26-20-16-19(23(2,3)4)27-28(20)22-24-13-6-14-25-22/h6-14,16H,5,15H2,1-4H3,(H,26,29)/b12-9+. The van der Waals surface area contributed by atoms with Gasteiger partial charge in [0.05, 0.1) is 12.3 Å². The van der Waals surface area contributed by atoms with E-state index >= 15 is 0 Å². The highest BCUT2D eigenvalue weighted by atomic mass is 16.5. The summed E-state index contributed by atoms with van der Waals surface area (Å²) in [7, 11) is 0. The fraction of sp³-hybridized carbons (Fsp3) is 0.304. The van der Waals surface area contributed by atoms with E-state index in [1.165, 1.54) is 6.08 Å². The van der Waals surface area contributed by atoms with Crippen LogP contribution in [0.25, 0.3) is 12.0 Å². The monoisotopic (exact) mass is 405 g/mol. The zero-order valence-electron chi connectivity index (χ0n) is 17.8. The number of amides is 1. The van der Waals surface area contributed by atoms with Gasteiger partial charge in [-0.15, -0.1) is 0 Å². The van der Waals surface area contributed by atoms with Gasteiger partial charge < -0.3 is 10.1 Å². The maximum absolute atomic E-state index is 12.5. The van der Waals surface area contributed by atoms with Crippen LogP contribution in [0.4, 0.5) is 5.82 Å². The summed E-state index contributed by atoms with van der Waals surface area (Å²) in [5, 5.41) is 7.48. The molecule has 7 heteroatoms. The Morgan fingerprint density at radius 1 is 1.17 bits per heavy atom. The van der Waals surface area contributed by atoms with Crippen molar-refractivity contribution < 1.29 is 9.53 Å². The first-order valence-electron chi connectivity index (χ1n) is 9.96. The summed E-state index contributed by atoms with van der Waals surface area (Å²) in [5.41, 5.74) is 1.55. The van der Waals surface area contributed by atoms with Crippen molar-refractivity contribution >= 4 is 17.8 Å². The predicted molar refractivity (Wildman–Crippen MR) is 118 cm³/mol. The molecule has 0 radical (unpaired) electrons. The van der Waals surface area contributed by atoms with Crippen molar-refractivity contribution in [3.8, 4) is 11.7 Å². The van der Waals surface area contributed by atoms with E-state index in [-0.39, 0.29) is 11.3 Å². The third kappa shape index (κ3) is 5.53. The largest absolute Gasteiger partial charge is 0.494 e. The first-order chi connectivity index (χ1) is 14.4. The highest BCUT2D eigenvalue weighted by Gasteiger charge is 2.22. The minimum absolute atomic E-state index is 0.184. The SMILES string of the molecule is CCCOc1ccc(/C=C/C(=O)Nc2cc(C(C)(C)C)nn2-c2ncccn2)cc1. The molecule has 0 fully saturated rings. The van der Waals surface area contributed by atoms with Gasteiger partial charge in [0.25, 0.3) is 5.95 Å². The number of carbonyl (C=O) groups excluding carboxylic acids is 1. The molecule has 0 saturated heterocycles. The second-order valence-corrected chi connectivity index (χ2v) is 7.87. The summed E-state index contributed by atoms with van der Waals surface area (Å²) >= 11 is 0. The molecule has 1 aromatic carbocycles. The lowest BCUT2D eigenvalue weighted by Gasteiger charge is -2.13. The van der Waals surface area contributed by atoms with Crippen LogP contribution < -0.4 is 10.1 Å². The van der Waals surface area contributed by atoms with E-state index in [1.807, 2.05) is 30.3 Å². The van der Waals surface area contributed by atoms with Crippen LogP contribution in [-0.2, 0) is 10.2 Å². The van der Waals surface area contributed by atoms with E-state index < -0.39 is 0 Å². The van der Waals surface area contributed by atoms with E-state index in [0.717, 1.165) is 23.4 Å². The summed E-state index contributed by atoms with van der Waals surface area (Å²) in [6.45, 7) is 8.93. The summed E-state index contributed by atoms with van der Waals surface area (Å²) in [4.78, 5) is 21.0. The molecule has 3 rings (SSSR count). The molecule has 3 aromatic rings. The third-order valence-corrected chi connectivity index (χ3v) is 4.25. The molecular formula is C23H27N5O2. The summed E-state index contributed by atoms with van der Waals surface area (Å²) in [6, 6.07) is 11.2. The van der Waals surface area contributed by atoms with Gasteiger partial charge in [-0.1, -0.05) is 39.8 Å². The van der Waals surface area contributed by atoms with Crippen LogP contribution in [0, 0.1) is 0 Å². The number of benzene rings is 1. The molecule has 1 amide bonds. The number of nitrogens with one attached hydrogen (secondary N) is 1. The van der Waals surface area contributed by atoms with Gasteiger partial charge in [-0.05, 0) is 36.3 Å². The van der Waals surface area contributed by atoms with E-state index in [2.05, 4.69) is 48.1 Å². The van der Waals surface area contributed by atoms with Gasteiger partial charge in [-0.25, -0.2) is 9.97 Å². The minimum Gasteiger partial charge on any atom is -0.494 e. The Labute approximate surface area is 176 Å². The topological polar surface area (TPSA) is 81.9 Å². The number of aromatic nitrogens is 4. The average Bonchev–Trinajstić information content (AvgIpc) is 3.16. The lowest BCUT2D eigenvalue weighted by Crippen LogP contribution is -2.14. The Morgan fingerprint density at radius 2 is 1.87 bits per heavy atom. The van der Waals surface area contributed by atoms with Gasteiger partial charge in [0, 0.05) is 30.0 Å². The molecule has 0 unspecified atom stereocenters. The van der Waals surface area contributed by atoms with Gasteiger partial charge in [0.2, 0.25) is 5.91 Å². The molecule has 156 valence electrons. The maximum Gasteiger partial charge on any atom is 0.252 e. The zero-order chi connectivity index (χ0) is 21.6. The Bertz CT molecular complexity index is 1000. The molecule has 0 aliphatic heterocycles. The van der Waals surface area contributed by atoms with Gasteiger partial charge >= 0.3 is 0 Å². The Hall–Kier alpha value is -3.48. The van der Waals surface area contributed by atoms with Crippen LogP contribution in [0.15, 0.2) is 54.9 Å². The van der Waals surface area contributed by atoms with Crippen molar-refractivity contribution in [1.29, 1.82) is 0 Å². The van der Waals surface area contributed by atoms with Crippen molar-refractivity contribution in [3.63, 3.8) is 0 Å². The highest BCUT2D eigenvalue weighted by molar-refractivity contribution is 6.01. The maximum atomic E-state index is 12.5. The van der Waals surface area contributed by atoms with Crippen molar-refractivity contribution in [2.75, 3.05) is 11.9 Å². The summed E-state index contributed by atoms with van der Waals surface area (Å²) < 4.78 is 7.12. The second-order valence-electron chi connectivity index (χ2n) is 7.87. The van der Waals surface area contributed by atoms with Gasteiger partial charge in [0.1, 0.15) is 11.6 Å². The quantitative estimate of drug-likeness (QED) is 0.589. The predicted octanol–water partition coefficient (Wildman–Crippen LogP) is 4.40. The fourth-order valence-corrected chi connectivity index (χ4v) is 2.62. The van der Waals surface area contributed by atoms with Crippen LogP contribution in [0.2, 0.25) is 0 Å². The number of carbonyl (C=O) groups is 1. The van der Waals surface area contributed by atoms with Crippen molar-refractivity contribution in [1.82, 2.24) is 19.7 Å². The van der Waals surface area contributed by atoms with E-state index in [4.69, 9.17) is 4.74 Å². The molecular weight excluding hydrogens is 378 g/mol. The second kappa shape index (κ2) is 9.35. The van der Waals surface area contributed by atoms with E-state index in [1.54, 1.807) is 29.2 Å². The molecule has 0 aliphatic rings. The molecule has 0 spiro atoms. The first kappa shape index (κ1) is 21.2. The molecule has 0 aliphatic carbocycles. The van der Waals surface area contributed by atoms with Crippen LogP contribution >= 0.6 is 0 Å². The number of nitrogens with zero attached hydrogens (tertiary/aromatic N) is 4. The van der Waals surface area contributed by atoms with E-state index in [9.17, 15) is 4.79 Å². The van der Waals surface area contributed by atoms with Gasteiger partial charge in [-0.3, -0.25) is 4.79 Å². The fourth-order valence-electron chi connectivity index (χ4n) is 2.62. The van der Waals surface area contributed by atoms with Crippen LogP contribution in [-0.4, -0.2) is 32.3 Å². The molecule has 0 saturated carbocycles. The van der Waals surface area contributed by atoms with Crippen LogP contribution in [0.3, 0.4) is 0 Å². The van der Waals surface area contributed by atoms with Crippen molar-refractivity contribution in [2.24, 2.45) is 0 Å². The zero-order valence-corrected chi connectivity index (χ0v) is 17.8. The molecule has 1 N–H and O–H groups in total. The molecule has 30 heavy (non-hydrogen) atoms. The van der Waals surface area contributed by atoms with Crippen LogP contribution in [0.5, 0.6) is 5.75 Å². The number of hydrogen-bond acceptors (Lipinski definition) is 5. The Morgan fingerprint density at radius 3 is 2.50 bits per heavy atom. The number of ether oxygens (including phenoxy) is 1. The number of rotatable bonds is 7. The molecule has 2 heterocycles. The van der Waals surface area contributed by atoms with Gasteiger partial charge in [0.15, 0.2) is 0 Å². The van der Waals surface area contributed by atoms with Crippen molar-refractivity contribution in [2.45, 2.75) is 39.5 Å². The molecule has 7 nitrogen and oxygen atoms in total. The first-order valence-corrected chi connectivity index (χ1v) is 9.96. The normalized spacial score (nSPS) is 11.6. The lowest BCUT2D eigenvalue weighted by atomic mass is 9.92. The Balaban J connectivity index is 1.76. The Kier molecular flexibility index (Phi) is 6.61. The smallest absolute Gasteiger partial charge is 0.252 e. The van der Waals surface area contributed by atoms with E-state index in [0.29, 0.717) is 18.4 Å². The molecule has 0 atom stereocenters. The number of hydrogen-bond donors (Lipinski definition) is 1. The average molecular weight is 406 g/mol.